The second-order valence-corrected chi connectivity index (χ2v) is 6.55. The van der Waals surface area contributed by atoms with E-state index in [2.05, 4.69) is 38.3 Å². The Morgan fingerprint density at radius 2 is 1.94 bits per heavy atom. The number of nitrogens with one attached hydrogen (secondary N) is 1. The molecular formula is C14H23NS. The van der Waals surface area contributed by atoms with Crippen LogP contribution in [0, 0.1) is 18.8 Å². The van der Waals surface area contributed by atoms with E-state index in [4.69, 9.17) is 0 Å². The van der Waals surface area contributed by atoms with Crippen molar-refractivity contribution >= 4 is 11.3 Å². The molecule has 0 aliphatic heterocycles. The normalized spacial score (nSPS) is 27.9. The summed E-state index contributed by atoms with van der Waals surface area (Å²) in [5, 5.41) is 3.53. The molecule has 0 amide bonds. The van der Waals surface area contributed by atoms with Crippen LogP contribution in [0.15, 0.2) is 12.1 Å². The molecule has 0 radical (unpaired) electrons. The minimum Gasteiger partial charge on any atom is -0.312 e. The first-order valence-corrected chi connectivity index (χ1v) is 7.26. The van der Waals surface area contributed by atoms with Crippen LogP contribution in [0.4, 0.5) is 0 Å². The predicted octanol–water partition coefficient (Wildman–Crippen LogP) is 4.14. The summed E-state index contributed by atoms with van der Waals surface area (Å²) in [6.45, 7) is 4.59. The van der Waals surface area contributed by atoms with Gasteiger partial charge in [0.15, 0.2) is 0 Å². The summed E-state index contributed by atoms with van der Waals surface area (Å²) in [7, 11) is 2.11. The van der Waals surface area contributed by atoms with Crippen molar-refractivity contribution in [3.8, 4) is 0 Å². The molecule has 0 saturated heterocycles. The van der Waals surface area contributed by atoms with Gasteiger partial charge in [-0.3, -0.25) is 0 Å². The van der Waals surface area contributed by atoms with Gasteiger partial charge in [-0.25, -0.2) is 0 Å². The molecule has 16 heavy (non-hydrogen) atoms. The molecule has 1 aromatic heterocycles. The fourth-order valence-corrected chi connectivity index (χ4v) is 3.93. The third-order valence-corrected chi connectivity index (χ3v) is 4.99. The Morgan fingerprint density at radius 1 is 1.25 bits per heavy atom. The van der Waals surface area contributed by atoms with Crippen LogP contribution < -0.4 is 5.32 Å². The molecule has 0 aromatic carbocycles. The molecule has 1 fully saturated rings. The van der Waals surface area contributed by atoms with Crippen molar-refractivity contribution in [3.05, 3.63) is 21.9 Å². The molecule has 2 heteroatoms. The van der Waals surface area contributed by atoms with Crippen molar-refractivity contribution in [2.45, 2.75) is 45.6 Å². The highest BCUT2D eigenvalue weighted by atomic mass is 32.1. The zero-order valence-electron chi connectivity index (χ0n) is 10.6. The second-order valence-electron chi connectivity index (χ2n) is 5.23. The lowest BCUT2D eigenvalue weighted by Gasteiger charge is -2.32. The Morgan fingerprint density at radius 3 is 2.44 bits per heavy atom. The van der Waals surface area contributed by atoms with E-state index in [9.17, 15) is 0 Å². The van der Waals surface area contributed by atoms with Crippen LogP contribution in [0.1, 0.15) is 48.4 Å². The third-order valence-electron chi connectivity index (χ3n) is 3.91. The van der Waals surface area contributed by atoms with Crippen LogP contribution in [0.5, 0.6) is 0 Å². The Kier molecular flexibility index (Phi) is 4.04. The van der Waals surface area contributed by atoms with Crippen LogP contribution in [0.3, 0.4) is 0 Å². The Labute approximate surface area is 103 Å². The molecule has 1 N–H and O–H groups in total. The number of aryl methyl sites for hydroxylation is 1. The monoisotopic (exact) mass is 237 g/mol. The highest BCUT2D eigenvalue weighted by Crippen LogP contribution is 2.38. The van der Waals surface area contributed by atoms with Gasteiger partial charge in [0.2, 0.25) is 0 Å². The predicted molar refractivity (Wildman–Crippen MR) is 72.0 cm³/mol. The van der Waals surface area contributed by atoms with Crippen molar-refractivity contribution in [2.24, 2.45) is 11.8 Å². The highest BCUT2D eigenvalue weighted by Gasteiger charge is 2.26. The van der Waals surface area contributed by atoms with E-state index in [1.807, 2.05) is 11.3 Å². The first kappa shape index (κ1) is 12.1. The standard InChI is InChI=1S/C14H23NS/c1-10-4-7-12(8-5-10)14(15-3)13-9-6-11(2)16-13/h6,9-10,12,14-15H,4-5,7-8H2,1-3H3. The molecule has 1 saturated carbocycles. The lowest BCUT2D eigenvalue weighted by molar-refractivity contribution is 0.240. The highest BCUT2D eigenvalue weighted by molar-refractivity contribution is 7.12. The molecule has 1 heterocycles. The number of thiophene rings is 1. The average Bonchev–Trinajstić information content (AvgIpc) is 2.69. The molecule has 1 aliphatic carbocycles. The van der Waals surface area contributed by atoms with Crippen LogP contribution in [-0.4, -0.2) is 7.05 Å². The third kappa shape index (κ3) is 2.67. The van der Waals surface area contributed by atoms with Gasteiger partial charge in [0.25, 0.3) is 0 Å². The van der Waals surface area contributed by atoms with Crippen molar-refractivity contribution in [3.63, 3.8) is 0 Å². The van der Waals surface area contributed by atoms with E-state index < -0.39 is 0 Å². The van der Waals surface area contributed by atoms with Crippen LogP contribution in [0.25, 0.3) is 0 Å². The van der Waals surface area contributed by atoms with E-state index in [0.29, 0.717) is 6.04 Å². The summed E-state index contributed by atoms with van der Waals surface area (Å²) in [5.74, 6) is 1.79. The fourth-order valence-electron chi connectivity index (χ4n) is 2.85. The number of hydrogen-bond acceptors (Lipinski definition) is 2. The topological polar surface area (TPSA) is 12.0 Å². The van der Waals surface area contributed by atoms with Crippen molar-refractivity contribution in [1.29, 1.82) is 0 Å². The molecule has 1 aromatic rings. The first-order valence-electron chi connectivity index (χ1n) is 6.44. The van der Waals surface area contributed by atoms with Crippen molar-refractivity contribution < 1.29 is 0 Å². The molecule has 90 valence electrons. The number of rotatable bonds is 3. The zero-order valence-corrected chi connectivity index (χ0v) is 11.4. The Bertz CT molecular complexity index is 323. The van der Waals surface area contributed by atoms with E-state index in [1.165, 1.54) is 35.4 Å². The lowest BCUT2D eigenvalue weighted by Crippen LogP contribution is -2.27. The average molecular weight is 237 g/mol. The molecule has 0 bridgehead atoms. The maximum atomic E-state index is 3.53. The largest absolute Gasteiger partial charge is 0.312 e. The van der Waals surface area contributed by atoms with Crippen molar-refractivity contribution in [2.75, 3.05) is 7.05 Å². The van der Waals surface area contributed by atoms with E-state index >= 15 is 0 Å². The molecule has 1 unspecified atom stereocenters. The summed E-state index contributed by atoms with van der Waals surface area (Å²) < 4.78 is 0. The summed E-state index contributed by atoms with van der Waals surface area (Å²) in [4.78, 5) is 2.96. The van der Waals surface area contributed by atoms with Gasteiger partial charge in [0.05, 0.1) is 0 Å². The quantitative estimate of drug-likeness (QED) is 0.833. The number of hydrogen-bond donors (Lipinski definition) is 1. The van der Waals surface area contributed by atoms with Crippen LogP contribution in [0.2, 0.25) is 0 Å². The molecular weight excluding hydrogens is 214 g/mol. The van der Waals surface area contributed by atoms with Gasteiger partial charge in [-0.15, -0.1) is 11.3 Å². The SMILES string of the molecule is CNC(c1ccc(C)s1)C1CCC(C)CC1. The van der Waals surface area contributed by atoms with Gasteiger partial charge in [0, 0.05) is 15.8 Å². The molecule has 1 atom stereocenters. The van der Waals surface area contributed by atoms with Gasteiger partial charge in [-0.1, -0.05) is 19.8 Å². The fraction of sp³-hybridized carbons (Fsp3) is 0.714. The minimum absolute atomic E-state index is 0.589. The molecule has 2 rings (SSSR count). The second kappa shape index (κ2) is 5.33. The summed E-state index contributed by atoms with van der Waals surface area (Å²) in [6.07, 6.45) is 5.60. The molecule has 1 aliphatic rings. The smallest absolute Gasteiger partial charge is 0.0441 e. The summed E-state index contributed by atoms with van der Waals surface area (Å²) in [6, 6.07) is 5.14. The van der Waals surface area contributed by atoms with E-state index in [-0.39, 0.29) is 0 Å². The van der Waals surface area contributed by atoms with Gasteiger partial charge in [0.1, 0.15) is 0 Å². The van der Waals surface area contributed by atoms with E-state index in [0.717, 1.165) is 11.8 Å². The van der Waals surface area contributed by atoms with Crippen LogP contribution >= 0.6 is 11.3 Å². The van der Waals surface area contributed by atoms with Gasteiger partial charge >= 0.3 is 0 Å². The maximum absolute atomic E-state index is 3.53. The first-order chi connectivity index (χ1) is 7.70. The Hall–Kier alpha value is -0.340. The van der Waals surface area contributed by atoms with Gasteiger partial charge < -0.3 is 5.32 Å². The Balaban J connectivity index is 2.05. The van der Waals surface area contributed by atoms with Crippen molar-refractivity contribution in [1.82, 2.24) is 5.32 Å². The summed E-state index contributed by atoms with van der Waals surface area (Å²) >= 11 is 1.95. The zero-order chi connectivity index (χ0) is 11.5. The lowest BCUT2D eigenvalue weighted by atomic mass is 9.79. The van der Waals surface area contributed by atoms with Gasteiger partial charge in [-0.2, -0.15) is 0 Å². The summed E-state index contributed by atoms with van der Waals surface area (Å²) in [5.41, 5.74) is 0. The molecule has 1 nitrogen and oxygen atoms in total. The maximum Gasteiger partial charge on any atom is 0.0441 e. The minimum atomic E-state index is 0.589. The van der Waals surface area contributed by atoms with E-state index in [1.54, 1.807) is 0 Å². The van der Waals surface area contributed by atoms with Crippen LogP contribution in [-0.2, 0) is 0 Å². The van der Waals surface area contributed by atoms with Gasteiger partial charge in [-0.05, 0) is 50.8 Å². The molecule has 0 spiro atoms.